The molecule has 0 aliphatic rings. The molecule has 2 nitrogen and oxygen atoms in total. The van der Waals surface area contributed by atoms with Crippen LogP contribution in [-0.4, -0.2) is 10.7 Å². The van der Waals surface area contributed by atoms with Gasteiger partial charge in [-0.25, -0.2) is 4.98 Å². The third kappa shape index (κ3) is 2.19. The maximum atomic E-state index is 5.86. The summed E-state index contributed by atoms with van der Waals surface area (Å²) >= 11 is 13.1. The van der Waals surface area contributed by atoms with Crippen molar-refractivity contribution in [3.05, 3.63) is 16.1 Å². The number of hydrogen-bond donors (Lipinski definition) is 1. The zero-order valence-corrected chi connectivity index (χ0v) is 8.80. The van der Waals surface area contributed by atoms with E-state index in [1.807, 2.05) is 6.92 Å². The Morgan fingerprint density at radius 2 is 2.17 bits per heavy atom. The van der Waals surface area contributed by atoms with Crippen LogP contribution in [0, 0.1) is 0 Å². The van der Waals surface area contributed by atoms with Gasteiger partial charge in [0.2, 0.25) is 0 Å². The first-order valence-electron chi connectivity index (χ1n) is 3.39. The lowest BCUT2D eigenvalue weighted by atomic mass is 10.5. The highest BCUT2D eigenvalue weighted by Crippen LogP contribution is 2.30. The van der Waals surface area contributed by atoms with Crippen molar-refractivity contribution in [1.82, 2.24) is 4.98 Å². The van der Waals surface area contributed by atoms with E-state index in [0.29, 0.717) is 15.9 Å². The first-order valence-corrected chi connectivity index (χ1v) is 5.13. The van der Waals surface area contributed by atoms with Gasteiger partial charge in [-0.3, -0.25) is 0 Å². The molecule has 0 atom stereocenters. The Hall–Kier alpha value is -0.120. The molecule has 0 radical (unpaired) electrons. The fourth-order valence-electron chi connectivity index (χ4n) is 0.701. The van der Waals surface area contributed by atoms with Crippen LogP contribution in [0.15, 0.2) is 11.1 Å². The topological polar surface area (TPSA) is 38.9 Å². The quantitative estimate of drug-likeness (QED) is 0.783. The normalized spacial score (nSPS) is 10.2. The SMILES string of the molecule is CCSc1nc(N)c(Cl)cc1Cl. The highest BCUT2D eigenvalue weighted by molar-refractivity contribution is 7.99. The molecule has 0 amide bonds. The average Bonchev–Trinajstić information content (AvgIpc) is 2.01. The third-order valence-electron chi connectivity index (χ3n) is 1.21. The van der Waals surface area contributed by atoms with Crippen LogP contribution in [0.4, 0.5) is 5.82 Å². The van der Waals surface area contributed by atoms with Crippen molar-refractivity contribution in [1.29, 1.82) is 0 Å². The summed E-state index contributed by atoms with van der Waals surface area (Å²) in [7, 11) is 0. The second-order valence-electron chi connectivity index (χ2n) is 2.08. The molecule has 66 valence electrons. The molecule has 0 fully saturated rings. The Balaban J connectivity index is 3.05. The van der Waals surface area contributed by atoms with Gasteiger partial charge in [0.25, 0.3) is 0 Å². The number of rotatable bonds is 2. The van der Waals surface area contributed by atoms with Crippen molar-refractivity contribution < 1.29 is 0 Å². The van der Waals surface area contributed by atoms with E-state index in [9.17, 15) is 0 Å². The fourth-order valence-corrected chi connectivity index (χ4v) is 1.86. The summed E-state index contributed by atoms with van der Waals surface area (Å²) in [5.41, 5.74) is 5.50. The predicted molar refractivity (Wildman–Crippen MR) is 55.1 cm³/mol. The van der Waals surface area contributed by atoms with E-state index >= 15 is 0 Å². The molecule has 1 aromatic rings. The maximum absolute atomic E-state index is 5.86. The summed E-state index contributed by atoms with van der Waals surface area (Å²) in [5, 5.41) is 1.70. The van der Waals surface area contributed by atoms with Crippen molar-refractivity contribution >= 4 is 40.8 Å². The largest absolute Gasteiger partial charge is 0.382 e. The highest BCUT2D eigenvalue weighted by Gasteiger charge is 2.05. The van der Waals surface area contributed by atoms with E-state index in [1.165, 1.54) is 0 Å². The third-order valence-corrected chi connectivity index (χ3v) is 2.78. The molecular formula is C7H8Cl2N2S. The molecule has 0 aliphatic heterocycles. The van der Waals surface area contributed by atoms with Gasteiger partial charge >= 0.3 is 0 Å². The van der Waals surface area contributed by atoms with Crippen LogP contribution in [0.3, 0.4) is 0 Å². The van der Waals surface area contributed by atoms with Crippen LogP contribution >= 0.6 is 35.0 Å². The minimum Gasteiger partial charge on any atom is -0.382 e. The first-order chi connectivity index (χ1) is 5.65. The van der Waals surface area contributed by atoms with Crippen LogP contribution in [0.2, 0.25) is 10.0 Å². The summed E-state index contributed by atoms with van der Waals surface area (Å²) in [4.78, 5) is 4.04. The molecule has 5 heteroatoms. The van der Waals surface area contributed by atoms with Gasteiger partial charge in [0.15, 0.2) is 0 Å². The first kappa shape index (κ1) is 9.96. The van der Waals surface area contributed by atoms with E-state index in [4.69, 9.17) is 28.9 Å². The monoisotopic (exact) mass is 222 g/mol. The summed E-state index contributed by atoms with van der Waals surface area (Å²) in [6.45, 7) is 2.02. The van der Waals surface area contributed by atoms with Crippen molar-refractivity contribution in [3.63, 3.8) is 0 Å². The van der Waals surface area contributed by atoms with E-state index in [-0.39, 0.29) is 0 Å². The number of halogens is 2. The molecule has 12 heavy (non-hydrogen) atoms. The Morgan fingerprint density at radius 1 is 1.50 bits per heavy atom. The van der Waals surface area contributed by atoms with Crippen LogP contribution in [0.25, 0.3) is 0 Å². The summed E-state index contributed by atoms with van der Waals surface area (Å²) in [6, 6.07) is 1.61. The summed E-state index contributed by atoms with van der Waals surface area (Å²) < 4.78 is 0. The fraction of sp³-hybridized carbons (Fsp3) is 0.286. The van der Waals surface area contributed by atoms with Gasteiger partial charge in [0.05, 0.1) is 10.0 Å². The van der Waals surface area contributed by atoms with Crippen molar-refractivity contribution in [2.24, 2.45) is 0 Å². The van der Waals surface area contributed by atoms with Gasteiger partial charge in [0, 0.05) is 0 Å². The van der Waals surface area contributed by atoms with Crippen LogP contribution in [0.5, 0.6) is 0 Å². The van der Waals surface area contributed by atoms with E-state index in [2.05, 4.69) is 4.98 Å². The van der Waals surface area contributed by atoms with Crippen molar-refractivity contribution in [2.75, 3.05) is 11.5 Å². The van der Waals surface area contributed by atoms with Gasteiger partial charge in [-0.2, -0.15) is 0 Å². The molecule has 0 saturated carbocycles. The number of pyridine rings is 1. The standard InChI is InChI=1S/C7H8Cl2N2S/c1-2-12-7-5(9)3-4(8)6(10)11-7/h3H,2H2,1H3,(H2,10,11). The summed E-state index contributed by atoms with van der Waals surface area (Å²) in [6.07, 6.45) is 0. The minimum absolute atomic E-state index is 0.331. The van der Waals surface area contributed by atoms with Gasteiger partial charge in [-0.05, 0) is 11.8 Å². The molecule has 0 spiro atoms. The molecule has 2 N–H and O–H groups in total. The molecule has 0 bridgehead atoms. The van der Waals surface area contributed by atoms with E-state index in [1.54, 1.807) is 17.8 Å². The number of thioether (sulfide) groups is 1. The van der Waals surface area contributed by atoms with Crippen LogP contribution in [0.1, 0.15) is 6.92 Å². The van der Waals surface area contributed by atoms with Gasteiger partial charge in [0.1, 0.15) is 10.8 Å². The Bertz CT molecular complexity index is 291. The number of aromatic nitrogens is 1. The highest BCUT2D eigenvalue weighted by atomic mass is 35.5. The number of hydrogen-bond acceptors (Lipinski definition) is 3. The van der Waals surface area contributed by atoms with Crippen LogP contribution in [-0.2, 0) is 0 Å². The lowest BCUT2D eigenvalue weighted by molar-refractivity contribution is 1.14. The summed E-state index contributed by atoms with van der Waals surface area (Å²) in [5.74, 6) is 1.24. The smallest absolute Gasteiger partial charge is 0.143 e. The molecular weight excluding hydrogens is 215 g/mol. The van der Waals surface area contributed by atoms with Gasteiger partial charge < -0.3 is 5.73 Å². The molecule has 0 aromatic carbocycles. The van der Waals surface area contributed by atoms with E-state index in [0.717, 1.165) is 10.8 Å². The molecule has 1 heterocycles. The Labute approximate surface area is 85.5 Å². The zero-order chi connectivity index (χ0) is 9.14. The second kappa shape index (κ2) is 4.21. The second-order valence-corrected chi connectivity index (χ2v) is 4.14. The van der Waals surface area contributed by atoms with Crippen molar-refractivity contribution in [3.8, 4) is 0 Å². The van der Waals surface area contributed by atoms with Crippen LogP contribution < -0.4 is 5.73 Å². The average molecular weight is 223 g/mol. The Kier molecular flexibility index (Phi) is 3.50. The molecule has 0 unspecified atom stereocenters. The lowest BCUT2D eigenvalue weighted by Gasteiger charge is -2.03. The van der Waals surface area contributed by atoms with E-state index < -0.39 is 0 Å². The number of nitrogen functional groups attached to an aromatic ring is 1. The maximum Gasteiger partial charge on any atom is 0.143 e. The number of nitrogens with zero attached hydrogens (tertiary/aromatic N) is 1. The zero-order valence-electron chi connectivity index (χ0n) is 6.47. The number of nitrogens with two attached hydrogens (primary N) is 1. The number of anilines is 1. The molecule has 1 aromatic heterocycles. The lowest BCUT2D eigenvalue weighted by Crippen LogP contribution is -1.93. The minimum atomic E-state index is 0.331. The van der Waals surface area contributed by atoms with Crippen molar-refractivity contribution in [2.45, 2.75) is 11.9 Å². The predicted octanol–water partition coefficient (Wildman–Crippen LogP) is 3.08. The molecule has 1 rings (SSSR count). The molecule has 0 saturated heterocycles. The molecule has 0 aliphatic carbocycles. The Morgan fingerprint density at radius 3 is 2.75 bits per heavy atom. The van der Waals surface area contributed by atoms with Gasteiger partial charge in [-0.15, -0.1) is 11.8 Å². The van der Waals surface area contributed by atoms with Gasteiger partial charge in [-0.1, -0.05) is 30.1 Å².